The lowest BCUT2D eigenvalue weighted by Crippen LogP contribution is -2.40. The number of nitrogens with zero attached hydrogens (tertiary/aromatic N) is 2. The molecule has 0 bridgehead atoms. The molecule has 0 aromatic carbocycles. The second kappa shape index (κ2) is 7.01. The normalized spacial score (nSPS) is 24.6. The van der Waals surface area contributed by atoms with Crippen molar-refractivity contribution in [3.05, 3.63) is 29.6 Å². The van der Waals surface area contributed by atoms with Crippen LogP contribution in [0.4, 0.5) is 0 Å². The van der Waals surface area contributed by atoms with Crippen LogP contribution in [0.5, 0.6) is 0 Å². The molecule has 1 aromatic rings. The zero-order valence-electron chi connectivity index (χ0n) is 12.5. The molecule has 0 aliphatic carbocycles. The van der Waals surface area contributed by atoms with Crippen LogP contribution in [0.15, 0.2) is 18.3 Å². The molecule has 3 heteroatoms. The molecular formula is C16H27N3. The maximum absolute atomic E-state index is 4.47. The van der Waals surface area contributed by atoms with Crippen LogP contribution in [-0.4, -0.2) is 36.6 Å². The number of aryl methyl sites for hydroxylation is 1. The number of likely N-dealkylation sites (tertiary alicyclic amines) is 1. The number of rotatable bonds is 5. The van der Waals surface area contributed by atoms with Crippen molar-refractivity contribution in [3.63, 3.8) is 0 Å². The first kappa shape index (κ1) is 14.5. The molecule has 0 spiro atoms. The summed E-state index contributed by atoms with van der Waals surface area (Å²) in [5.74, 6) is 0.704. The van der Waals surface area contributed by atoms with Gasteiger partial charge in [-0.3, -0.25) is 9.88 Å². The van der Waals surface area contributed by atoms with Crippen LogP contribution in [0.1, 0.15) is 43.5 Å². The molecule has 1 saturated heterocycles. The average molecular weight is 261 g/mol. The van der Waals surface area contributed by atoms with Crippen molar-refractivity contribution in [2.75, 3.05) is 26.7 Å². The third-order valence-electron chi connectivity index (χ3n) is 4.12. The average Bonchev–Trinajstić information content (AvgIpc) is 2.41. The third kappa shape index (κ3) is 3.77. The summed E-state index contributed by atoms with van der Waals surface area (Å²) < 4.78 is 0. The van der Waals surface area contributed by atoms with Gasteiger partial charge < -0.3 is 5.32 Å². The van der Waals surface area contributed by atoms with Gasteiger partial charge in [-0.05, 0) is 70.4 Å². The molecular weight excluding hydrogens is 234 g/mol. The van der Waals surface area contributed by atoms with E-state index in [0.29, 0.717) is 12.0 Å². The Bertz CT molecular complexity index is 374. The van der Waals surface area contributed by atoms with Gasteiger partial charge in [0.15, 0.2) is 0 Å². The van der Waals surface area contributed by atoms with Crippen molar-refractivity contribution in [2.45, 2.75) is 39.2 Å². The molecule has 0 amide bonds. The van der Waals surface area contributed by atoms with Crippen LogP contribution < -0.4 is 5.32 Å². The van der Waals surface area contributed by atoms with Crippen molar-refractivity contribution >= 4 is 0 Å². The Labute approximate surface area is 117 Å². The zero-order chi connectivity index (χ0) is 13.7. The van der Waals surface area contributed by atoms with E-state index >= 15 is 0 Å². The maximum Gasteiger partial charge on any atom is 0.0400 e. The minimum absolute atomic E-state index is 0.520. The summed E-state index contributed by atoms with van der Waals surface area (Å²) in [4.78, 5) is 6.97. The van der Waals surface area contributed by atoms with Crippen LogP contribution in [-0.2, 0) is 0 Å². The number of aromatic nitrogens is 1. The Balaban J connectivity index is 2.09. The van der Waals surface area contributed by atoms with Gasteiger partial charge in [0.1, 0.15) is 0 Å². The predicted molar refractivity (Wildman–Crippen MR) is 80.2 cm³/mol. The molecule has 106 valence electrons. The highest BCUT2D eigenvalue weighted by atomic mass is 15.1. The lowest BCUT2D eigenvalue weighted by Gasteiger charge is -2.39. The van der Waals surface area contributed by atoms with Crippen LogP contribution in [0.2, 0.25) is 0 Å². The third-order valence-corrected chi connectivity index (χ3v) is 4.12. The van der Waals surface area contributed by atoms with E-state index < -0.39 is 0 Å². The highest BCUT2D eigenvalue weighted by Gasteiger charge is 2.30. The Morgan fingerprint density at radius 3 is 2.95 bits per heavy atom. The summed E-state index contributed by atoms with van der Waals surface area (Å²) >= 11 is 0. The van der Waals surface area contributed by atoms with Crippen molar-refractivity contribution < 1.29 is 0 Å². The van der Waals surface area contributed by atoms with Gasteiger partial charge in [0.05, 0.1) is 0 Å². The standard InChI is InChI=1S/C16H27N3/c1-4-9-17-11-14-6-5-10-19(3)16(14)15-8-7-13(2)18-12-15/h7-8,12,14,16-17H,4-6,9-11H2,1-3H3. The van der Waals surface area contributed by atoms with Gasteiger partial charge in [0.25, 0.3) is 0 Å². The fourth-order valence-corrected chi connectivity index (χ4v) is 3.12. The van der Waals surface area contributed by atoms with Gasteiger partial charge in [-0.15, -0.1) is 0 Å². The van der Waals surface area contributed by atoms with Gasteiger partial charge in [0, 0.05) is 17.9 Å². The predicted octanol–water partition coefficient (Wildman–Crippen LogP) is 2.77. The first-order valence-corrected chi connectivity index (χ1v) is 7.56. The first-order valence-electron chi connectivity index (χ1n) is 7.56. The molecule has 19 heavy (non-hydrogen) atoms. The number of nitrogens with one attached hydrogen (secondary N) is 1. The number of piperidine rings is 1. The molecule has 3 nitrogen and oxygen atoms in total. The lowest BCUT2D eigenvalue weighted by atomic mass is 9.85. The lowest BCUT2D eigenvalue weighted by molar-refractivity contribution is 0.119. The zero-order valence-corrected chi connectivity index (χ0v) is 12.5. The Kier molecular flexibility index (Phi) is 5.34. The summed E-state index contributed by atoms with van der Waals surface area (Å²) in [5, 5.41) is 3.59. The number of hydrogen-bond acceptors (Lipinski definition) is 3. The summed E-state index contributed by atoms with van der Waals surface area (Å²) in [7, 11) is 2.25. The second-order valence-corrected chi connectivity index (χ2v) is 5.76. The van der Waals surface area contributed by atoms with Crippen molar-refractivity contribution in [1.29, 1.82) is 0 Å². The summed E-state index contributed by atoms with van der Waals surface area (Å²) in [6.45, 7) is 7.72. The van der Waals surface area contributed by atoms with Crippen LogP contribution in [0, 0.1) is 12.8 Å². The fraction of sp³-hybridized carbons (Fsp3) is 0.688. The van der Waals surface area contributed by atoms with Gasteiger partial charge in [-0.1, -0.05) is 13.0 Å². The van der Waals surface area contributed by atoms with Crippen LogP contribution in [0.3, 0.4) is 0 Å². The second-order valence-electron chi connectivity index (χ2n) is 5.76. The number of hydrogen-bond donors (Lipinski definition) is 1. The summed E-state index contributed by atoms with van der Waals surface area (Å²) in [5.41, 5.74) is 2.47. The van der Waals surface area contributed by atoms with E-state index in [4.69, 9.17) is 0 Å². The van der Waals surface area contributed by atoms with Crippen molar-refractivity contribution in [2.24, 2.45) is 5.92 Å². The van der Waals surface area contributed by atoms with E-state index in [-0.39, 0.29) is 0 Å². The molecule has 2 unspecified atom stereocenters. The largest absolute Gasteiger partial charge is 0.316 e. The van der Waals surface area contributed by atoms with Crippen LogP contribution in [0.25, 0.3) is 0 Å². The highest BCUT2D eigenvalue weighted by Crippen LogP contribution is 2.34. The fourth-order valence-electron chi connectivity index (χ4n) is 3.12. The molecule has 2 heterocycles. The maximum atomic E-state index is 4.47. The molecule has 1 N–H and O–H groups in total. The van der Waals surface area contributed by atoms with E-state index in [0.717, 1.165) is 18.8 Å². The molecule has 1 aliphatic heterocycles. The molecule has 0 saturated carbocycles. The Hall–Kier alpha value is -0.930. The van der Waals surface area contributed by atoms with E-state index in [1.165, 1.54) is 31.4 Å². The minimum atomic E-state index is 0.520. The topological polar surface area (TPSA) is 28.2 Å². The Morgan fingerprint density at radius 1 is 1.42 bits per heavy atom. The smallest absolute Gasteiger partial charge is 0.0400 e. The summed E-state index contributed by atoms with van der Waals surface area (Å²) in [6, 6.07) is 4.90. The van der Waals surface area contributed by atoms with E-state index in [1.54, 1.807) is 0 Å². The SMILES string of the molecule is CCCNCC1CCCN(C)C1c1ccc(C)nc1. The van der Waals surface area contributed by atoms with Gasteiger partial charge >= 0.3 is 0 Å². The monoisotopic (exact) mass is 261 g/mol. The van der Waals surface area contributed by atoms with Gasteiger partial charge in [-0.2, -0.15) is 0 Å². The van der Waals surface area contributed by atoms with E-state index in [1.807, 2.05) is 0 Å². The molecule has 1 fully saturated rings. The molecule has 1 aliphatic rings. The number of pyridine rings is 1. The van der Waals surface area contributed by atoms with Crippen molar-refractivity contribution in [3.8, 4) is 0 Å². The minimum Gasteiger partial charge on any atom is -0.316 e. The highest BCUT2D eigenvalue weighted by molar-refractivity contribution is 5.19. The molecule has 0 radical (unpaired) electrons. The summed E-state index contributed by atoms with van der Waals surface area (Å²) in [6.07, 6.45) is 5.90. The Morgan fingerprint density at radius 2 is 2.26 bits per heavy atom. The van der Waals surface area contributed by atoms with E-state index in [9.17, 15) is 0 Å². The van der Waals surface area contributed by atoms with Crippen LogP contribution >= 0.6 is 0 Å². The van der Waals surface area contributed by atoms with Gasteiger partial charge in [0.2, 0.25) is 0 Å². The van der Waals surface area contributed by atoms with Crippen molar-refractivity contribution in [1.82, 2.24) is 15.2 Å². The molecule has 1 aromatic heterocycles. The first-order chi connectivity index (χ1) is 9.22. The molecule has 2 atom stereocenters. The van der Waals surface area contributed by atoms with Gasteiger partial charge in [-0.25, -0.2) is 0 Å². The quantitative estimate of drug-likeness (QED) is 0.826. The molecule has 2 rings (SSSR count). The van der Waals surface area contributed by atoms with E-state index in [2.05, 4.69) is 54.4 Å².